The van der Waals surface area contributed by atoms with Crippen molar-refractivity contribution in [1.29, 1.82) is 0 Å². The van der Waals surface area contributed by atoms with Crippen LogP contribution in [0.15, 0.2) is 0 Å². The van der Waals surface area contributed by atoms with E-state index in [0.717, 1.165) is 0 Å². The summed E-state index contributed by atoms with van der Waals surface area (Å²) in [6.45, 7) is 20.3. The molecule has 0 bridgehead atoms. The van der Waals surface area contributed by atoms with Crippen LogP contribution in [0.1, 0.15) is 74.7 Å². The molecule has 0 spiro atoms. The Labute approximate surface area is 137 Å². The second kappa shape index (κ2) is 8.11. The zero-order valence-electron chi connectivity index (χ0n) is 16.7. The zero-order chi connectivity index (χ0) is 16.7. The Hall–Kier alpha value is 0.860. The van der Waals surface area contributed by atoms with Gasteiger partial charge in [-0.15, -0.1) is 0 Å². The van der Waals surface area contributed by atoms with E-state index >= 15 is 0 Å². The van der Waals surface area contributed by atoms with E-state index in [9.17, 15) is 0 Å². The summed E-state index contributed by atoms with van der Waals surface area (Å²) in [5.74, 6) is 0. The van der Waals surface area contributed by atoms with Gasteiger partial charge in [0.2, 0.25) is 0 Å². The van der Waals surface area contributed by atoms with Gasteiger partial charge in [0, 0.05) is 0 Å². The average molecular weight is 337 g/mol. The first kappa shape index (κ1) is 21.9. The van der Waals surface area contributed by atoms with Crippen molar-refractivity contribution >= 4 is 12.6 Å². The molecule has 0 unspecified atom stereocenters. The second-order valence-electron chi connectivity index (χ2n) is 7.57. The first-order valence-electron chi connectivity index (χ1n) is 9.89. The van der Waals surface area contributed by atoms with E-state index in [0.29, 0.717) is 0 Å². The van der Waals surface area contributed by atoms with Gasteiger partial charge in [-0.25, -0.2) is 0 Å². The number of hydrogen-bond donors (Lipinski definition) is 0. The first-order valence-corrected chi connectivity index (χ1v) is 16.5. The molecule has 0 saturated heterocycles. The summed E-state index contributed by atoms with van der Waals surface area (Å²) >= 11 is 0. The fraction of sp³-hybridized carbons (Fsp3) is 1.00. The molecule has 0 aromatic carbocycles. The monoisotopic (exact) mass is 336 g/mol. The third-order valence-electron chi connectivity index (χ3n) is 8.06. The molecule has 0 atom stereocenters. The molecule has 132 valence electrons. The summed E-state index contributed by atoms with van der Waals surface area (Å²) in [4.78, 5) is 0. The van der Waals surface area contributed by atoms with Crippen molar-refractivity contribution in [2.45, 2.75) is 74.7 Å². The standard InChI is InChI=1S/C19H46P2/c1-9-17-21(16-8,18-10-2,19-11-3)20(12-4,13-5,14-6)15-7/h9-19H2,1-8H3. The van der Waals surface area contributed by atoms with Gasteiger partial charge in [-0.3, -0.25) is 0 Å². The van der Waals surface area contributed by atoms with Crippen molar-refractivity contribution < 1.29 is 0 Å². The Bertz CT molecular complexity index is 261. The first-order chi connectivity index (χ1) is 9.89. The van der Waals surface area contributed by atoms with Crippen molar-refractivity contribution in [1.82, 2.24) is 0 Å². The van der Waals surface area contributed by atoms with Crippen LogP contribution in [0.25, 0.3) is 0 Å². The molecule has 0 heterocycles. The van der Waals surface area contributed by atoms with Crippen LogP contribution in [0.4, 0.5) is 0 Å². The SMILES string of the molecule is CCCP(CC)(CCC)(CCC)P(CC)(CC)(CC)CC. The van der Waals surface area contributed by atoms with E-state index in [1.165, 1.54) is 43.9 Å². The Morgan fingerprint density at radius 1 is 0.381 bits per heavy atom. The molecule has 0 amide bonds. The molecule has 0 rings (SSSR count). The van der Waals surface area contributed by atoms with Crippen molar-refractivity contribution in [3.63, 3.8) is 0 Å². The molecule has 0 aliphatic rings. The van der Waals surface area contributed by atoms with E-state index < -0.39 is 12.6 Å². The van der Waals surface area contributed by atoms with Crippen LogP contribution in [-0.2, 0) is 0 Å². The van der Waals surface area contributed by atoms with E-state index in [1.54, 1.807) is 24.6 Å². The van der Waals surface area contributed by atoms with Crippen LogP contribution in [0.5, 0.6) is 0 Å². The molecule has 0 saturated carbocycles. The predicted molar refractivity (Wildman–Crippen MR) is 112 cm³/mol. The summed E-state index contributed by atoms with van der Waals surface area (Å²) in [7, 11) is 0. The Morgan fingerprint density at radius 3 is 0.762 bits per heavy atom. The van der Waals surface area contributed by atoms with Crippen LogP contribution >= 0.6 is 12.6 Å². The van der Waals surface area contributed by atoms with Crippen LogP contribution in [-0.4, -0.2) is 49.3 Å². The van der Waals surface area contributed by atoms with Crippen molar-refractivity contribution in [3.8, 4) is 0 Å². The fourth-order valence-electron chi connectivity index (χ4n) is 6.72. The second-order valence-corrected chi connectivity index (χ2v) is 26.5. The fourth-order valence-corrected chi connectivity index (χ4v) is 39.1. The third-order valence-corrected chi connectivity index (χ3v) is 39.8. The summed E-state index contributed by atoms with van der Waals surface area (Å²) in [6, 6.07) is 0. The third kappa shape index (κ3) is 2.76. The van der Waals surface area contributed by atoms with E-state index in [2.05, 4.69) is 55.4 Å². The molecule has 21 heavy (non-hydrogen) atoms. The molecule has 0 nitrogen and oxygen atoms in total. The normalized spacial score (nSPS) is 17.0. The summed E-state index contributed by atoms with van der Waals surface area (Å²) in [5, 5.41) is 0. The molecular weight excluding hydrogens is 290 g/mol. The van der Waals surface area contributed by atoms with Crippen molar-refractivity contribution in [3.05, 3.63) is 0 Å². The molecule has 0 radical (unpaired) electrons. The van der Waals surface area contributed by atoms with Gasteiger partial charge < -0.3 is 0 Å². The van der Waals surface area contributed by atoms with Gasteiger partial charge in [-0.1, -0.05) is 0 Å². The van der Waals surface area contributed by atoms with Gasteiger partial charge in [-0.2, -0.15) is 0 Å². The summed E-state index contributed by atoms with van der Waals surface area (Å²) in [5.41, 5.74) is 0. The van der Waals surface area contributed by atoms with Gasteiger partial charge in [0.1, 0.15) is 0 Å². The van der Waals surface area contributed by atoms with Gasteiger partial charge in [-0.05, 0) is 0 Å². The zero-order valence-corrected chi connectivity index (χ0v) is 18.5. The summed E-state index contributed by atoms with van der Waals surface area (Å²) in [6.07, 6.45) is 13.5. The molecule has 0 aliphatic heterocycles. The van der Waals surface area contributed by atoms with Crippen LogP contribution < -0.4 is 0 Å². The van der Waals surface area contributed by atoms with Crippen LogP contribution in [0.3, 0.4) is 0 Å². The molecule has 0 N–H and O–H groups in total. The maximum absolute atomic E-state index is 2.59. The minimum absolute atomic E-state index is 1.42. The molecular formula is C19H46P2. The van der Waals surface area contributed by atoms with Crippen molar-refractivity contribution in [2.75, 3.05) is 49.3 Å². The molecule has 2 heteroatoms. The minimum atomic E-state index is -1.62. The maximum atomic E-state index is 2.59. The quantitative estimate of drug-likeness (QED) is 0.327. The van der Waals surface area contributed by atoms with Gasteiger partial charge >= 0.3 is 137 Å². The van der Waals surface area contributed by atoms with Crippen LogP contribution in [0, 0.1) is 0 Å². The van der Waals surface area contributed by atoms with E-state index in [-0.39, 0.29) is 0 Å². The van der Waals surface area contributed by atoms with Crippen molar-refractivity contribution in [2.24, 2.45) is 0 Å². The Kier molecular flexibility index (Phi) is 8.44. The molecule has 0 fully saturated rings. The summed E-state index contributed by atoms with van der Waals surface area (Å²) < 4.78 is 0. The topological polar surface area (TPSA) is 0 Å². The molecule has 0 aliphatic carbocycles. The Morgan fingerprint density at radius 2 is 0.619 bits per heavy atom. The van der Waals surface area contributed by atoms with E-state index in [4.69, 9.17) is 0 Å². The molecule has 0 aromatic rings. The molecule has 0 aromatic heterocycles. The average Bonchev–Trinajstić information content (AvgIpc) is 2.51. The van der Waals surface area contributed by atoms with Gasteiger partial charge in [0.25, 0.3) is 0 Å². The predicted octanol–water partition coefficient (Wildman–Crippen LogP) is 7.34. The van der Waals surface area contributed by atoms with Gasteiger partial charge in [0.15, 0.2) is 0 Å². The van der Waals surface area contributed by atoms with E-state index in [1.807, 2.05) is 0 Å². The van der Waals surface area contributed by atoms with Gasteiger partial charge in [0.05, 0.1) is 0 Å². The number of rotatable bonds is 12. The Balaban J connectivity index is 6.67. The number of hydrogen-bond acceptors (Lipinski definition) is 0. The van der Waals surface area contributed by atoms with Crippen LogP contribution in [0.2, 0.25) is 0 Å².